The average molecular weight is 293 g/mol. The van der Waals surface area contributed by atoms with Crippen LogP contribution >= 0.6 is 0 Å². The highest BCUT2D eigenvalue weighted by Crippen LogP contribution is 2.15. The molecule has 114 valence electrons. The SMILES string of the molecule is CC(C)(CC(N)=O)NC(=O)N(CC(=O)O)c1ccccc1. The number of anilines is 1. The van der Waals surface area contributed by atoms with Crippen LogP contribution in [-0.2, 0) is 9.59 Å². The number of rotatable bonds is 6. The van der Waals surface area contributed by atoms with Gasteiger partial charge in [0, 0.05) is 17.6 Å². The molecule has 0 heterocycles. The molecular weight excluding hydrogens is 274 g/mol. The summed E-state index contributed by atoms with van der Waals surface area (Å²) in [6.45, 7) is 2.79. The summed E-state index contributed by atoms with van der Waals surface area (Å²) in [7, 11) is 0. The molecule has 0 aliphatic heterocycles. The van der Waals surface area contributed by atoms with E-state index in [1.54, 1.807) is 44.2 Å². The number of carboxylic acid groups (broad SMARTS) is 1. The number of primary amides is 1. The number of urea groups is 1. The molecule has 0 saturated heterocycles. The van der Waals surface area contributed by atoms with E-state index in [4.69, 9.17) is 10.8 Å². The molecule has 1 aromatic carbocycles. The molecule has 1 rings (SSSR count). The van der Waals surface area contributed by atoms with Crippen LogP contribution in [0.25, 0.3) is 0 Å². The van der Waals surface area contributed by atoms with Gasteiger partial charge in [0.05, 0.1) is 0 Å². The summed E-state index contributed by atoms with van der Waals surface area (Å²) in [5.41, 5.74) is 4.71. The molecular formula is C14H19N3O4. The summed E-state index contributed by atoms with van der Waals surface area (Å²) in [5, 5.41) is 11.6. The van der Waals surface area contributed by atoms with Gasteiger partial charge in [-0.1, -0.05) is 18.2 Å². The van der Waals surface area contributed by atoms with Crippen LogP contribution in [0, 0.1) is 0 Å². The third kappa shape index (κ3) is 5.52. The summed E-state index contributed by atoms with van der Waals surface area (Å²) in [6, 6.07) is 7.82. The van der Waals surface area contributed by atoms with Crippen LogP contribution in [0.4, 0.5) is 10.5 Å². The van der Waals surface area contributed by atoms with Gasteiger partial charge >= 0.3 is 12.0 Å². The van der Waals surface area contributed by atoms with E-state index in [9.17, 15) is 14.4 Å². The standard InChI is InChI=1S/C14H19N3O4/c1-14(2,8-11(15)18)16-13(21)17(9-12(19)20)10-6-4-3-5-7-10/h3-7H,8-9H2,1-2H3,(H2,15,18)(H,16,21)(H,19,20). The number of nitrogens with zero attached hydrogens (tertiary/aromatic N) is 1. The smallest absolute Gasteiger partial charge is 0.323 e. The van der Waals surface area contributed by atoms with Gasteiger partial charge in [-0.15, -0.1) is 0 Å². The zero-order chi connectivity index (χ0) is 16.0. The zero-order valence-electron chi connectivity index (χ0n) is 12.0. The van der Waals surface area contributed by atoms with E-state index in [1.165, 1.54) is 0 Å². The third-order valence-electron chi connectivity index (χ3n) is 2.67. The van der Waals surface area contributed by atoms with Crippen molar-refractivity contribution in [3.05, 3.63) is 30.3 Å². The number of carbonyl (C=O) groups is 3. The molecule has 0 aromatic heterocycles. The summed E-state index contributed by atoms with van der Waals surface area (Å²) in [4.78, 5) is 35.3. The highest BCUT2D eigenvalue weighted by molar-refractivity contribution is 5.96. The second-order valence-electron chi connectivity index (χ2n) is 5.27. The minimum absolute atomic E-state index is 0.0472. The van der Waals surface area contributed by atoms with Crippen molar-refractivity contribution in [2.75, 3.05) is 11.4 Å². The second kappa shape index (κ2) is 6.74. The largest absolute Gasteiger partial charge is 0.480 e. The number of carboxylic acids is 1. The number of nitrogens with two attached hydrogens (primary N) is 1. The minimum atomic E-state index is -1.14. The van der Waals surface area contributed by atoms with Gasteiger partial charge in [-0.05, 0) is 26.0 Å². The first-order chi connectivity index (χ1) is 9.71. The van der Waals surface area contributed by atoms with Gasteiger partial charge in [-0.3, -0.25) is 14.5 Å². The number of carbonyl (C=O) groups excluding carboxylic acids is 2. The van der Waals surface area contributed by atoms with Crippen molar-refractivity contribution in [3.8, 4) is 0 Å². The predicted molar refractivity (Wildman–Crippen MR) is 77.8 cm³/mol. The molecule has 0 aliphatic carbocycles. The van der Waals surface area contributed by atoms with E-state index >= 15 is 0 Å². The molecule has 0 saturated carbocycles. The molecule has 0 atom stereocenters. The van der Waals surface area contributed by atoms with E-state index in [1.807, 2.05) is 0 Å². The van der Waals surface area contributed by atoms with Crippen molar-refractivity contribution in [1.29, 1.82) is 0 Å². The first kappa shape index (κ1) is 16.5. The number of nitrogens with one attached hydrogen (secondary N) is 1. The van der Waals surface area contributed by atoms with E-state index < -0.39 is 30.0 Å². The highest BCUT2D eigenvalue weighted by atomic mass is 16.4. The van der Waals surface area contributed by atoms with Gasteiger partial charge < -0.3 is 16.2 Å². The van der Waals surface area contributed by atoms with Crippen molar-refractivity contribution in [1.82, 2.24) is 5.32 Å². The van der Waals surface area contributed by atoms with Gasteiger partial charge in [-0.2, -0.15) is 0 Å². The lowest BCUT2D eigenvalue weighted by Gasteiger charge is -2.29. The maximum Gasteiger partial charge on any atom is 0.323 e. The van der Waals surface area contributed by atoms with Crippen molar-refractivity contribution in [3.63, 3.8) is 0 Å². The van der Waals surface area contributed by atoms with E-state index in [2.05, 4.69) is 5.32 Å². The molecule has 7 nitrogen and oxygen atoms in total. The fourth-order valence-electron chi connectivity index (χ4n) is 1.86. The average Bonchev–Trinajstić information content (AvgIpc) is 2.34. The lowest BCUT2D eigenvalue weighted by atomic mass is 10.0. The molecule has 0 unspecified atom stereocenters. The van der Waals surface area contributed by atoms with Crippen LogP contribution in [0.1, 0.15) is 20.3 Å². The van der Waals surface area contributed by atoms with Crippen molar-refractivity contribution < 1.29 is 19.5 Å². The van der Waals surface area contributed by atoms with Gasteiger partial charge in [0.1, 0.15) is 6.54 Å². The maximum absolute atomic E-state index is 12.3. The summed E-state index contributed by atoms with van der Waals surface area (Å²) in [5.74, 6) is -1.69. The Morgan fingerprint density at radius 1 is 1.24 bits per heavy atom. The lowest BCUT2D eigenvalue weighted by molar-refractivity contribution is -0.135. The molecule has 3 amide bonds. The van der Waals surface area contributed by atoms with Crippen LogP contribution in [0.15, 0.2) is 30.3 Å². The number of benzene rings is 1. The van der Waals surface area contributed by atoms with E-state index in [0.717, 1.165) is 4.90 Å². The molecule has 0 fully saturated rings. The molecule has 4 N–H and O–H groups in total. The molecule has 7 heteroatoms. The molecule has 0 aliphatic rings. The third-order valence-corrected chi connectivity index (χ3v) is 2.67. The van der Waals surface area contributed by atoms with E-state index in [0.29, 0.717) is 5.69 Å². The number of hydrogen-bond donors (Lipinski definition) is 3. The minimum Gasteiger partial charge on any atom is -0.480 e. The molecule has 0 spiro atoms. The van der Waals surface area contributed by atoms with Crippen LogP contribution in [0.5, 0.6) is 0 Å². The monoisotopic (exact) mass is 293 g/mol. The molecule has 0 bridgehead atoms. The highest BCUT2D eigenvalue weighted by Gasteiger charge is 2.27. The Balaban J connectivity index is 2.91. The van der Waals surface area contributed by atoms with Gasteiger partial charge in [0.15, 0.2) is 0 Å². The maximum atomic E-state index is 12.3. The Labute approximate surface area is 122 Å². The molecule has 21 heavy (non-hydrogen) atoms. The Morgan fingerprint density at radius 3 is 2.29 bits per heavy atom. The first-order valence-corrected chi connectivity index (χ1v) is 6.36. The lowest BCUT2D eigenvalue weighted by Crippen LogP contribution is -2.52. The summed E-state index contributed by atoms with van der Waals surface area (Å²) in [6.07, 6.45) is -0.0472. The van der Waals surface area contributed by atoms with E-state index in [-0.39, 0.29) is 6.42 Å². The van der Waals surface area contributed by atoms with Crippen molar-refractivity contribution in [2.45, 2.75) is 25.8 Å². The Morgan fingerprint density at radius 2 is 1.81 bits per heavy atom. The fraction of sp³-hybridized carbons (Fsp3) is 0.357. The predicted octanol–water partition coefficient (Wildman–Crippen LogP) is 0.941. The normalized spacial score (nSPS) is 10.8. The first-order valence-electron chi connectivity index (χ1n) is 6.36. The number of aliphatic carboxylic acids is 1. The quantitative estimate of drug-likeness (QED) is 0.724. The number of hydrogen-bond acceptors (Lipinski definition) is 3. The van der Waals surface area contributed by atoms with Gasteiger partial charge in [0.2, 0.25) is 5.91 Å². The second-order valence-corrected chi connectivity index (χ2v) is 5.27. The molecule has 0 radical (unpaired) electrons. The molecule has 1 aromatic rings. The van der Waals surface area contributed by atoms with Crippen molar-refractivity contribution in [2.24, 2.45) is 5.73 Å². The summed E-state index contributed by atoms with van der Waals surface area (Å²) >= 11 is 0. The van der Waals surface area contributed by atoms with Gasteiger partial charge in [-0.25, -0.2) is 4.79 Å². The van der Waals surface area contributed by atoms with Crippen molar-refractivity contribution >= 4 is 23.6 Å². The Hall–Kier alpha value is -2.57. The fourth-order valence-corrected chi connectivity index (χ4v) is 1.86. The van der Waals surface area contributed by atoms with Crippen LogP contribution in [0.3, 0.4) is 0 Å². The topological polar surface area (TPSA) is 113 Å². The van der Waals surface area contributed by atoms with Gasteiger partial charge in [0.25, 0.3) is 0 Å². The Bertz CT molecular complexity index is 528. The van der Waals surface area contributed by atoms with Crippen LogP contribution in [-0.4, -0.2) is 35.1 Å². The number of para-hydroxylation sites is 1. The Kier molecular flexibility index (Phi) is 5.29. The summed E-state index contributed by atoms with van der Waals surface area (Å²) < 4.78 is 0. The van der Waals surface area contributed by atoms with Crippen LogP contribution in [0.2, 0.25) is 0 Å². The zero-order valence-corrected chi connectivity index (χ0v) is 12.0. The van der Waals surface area contributed by atoms with Crippen LogP contribution < -0.4 is 16.0 Å². The number of amides is 3.